The number of nitrogens with one attached hydrogen (secondary N) is 2. The summed E-state index contributed by atoms with van der Waals surface area (Å²) < 4.78 is 5.60. The van der Waals surface area contributed by atoms with Gasteiger partial charge in [-0.15, -0.1) is 0 Å². The summed E-state index contributed by atoms with van der Waals surface area (Å²) in [6, 6.07) is 23.6. The normalized spacial score (nSPS) is 11.4. The quantitative estimate of drug-likeness (QED) is 0.543. The molecule has 2 N–H and O–H groups in total. The van der Waals surface area contributed by atoms with Crippen LogP contribution in [0.5, 0.6) is 5.75 Å². The molecule has 0 aliphatic heterocycles. The molecule has 1 unspecified atom stereocenters. The summed E-state index contributed by atoms with van der Waals surface area (Å²) in [5.41, 5.74) is 2.35. The first-order chi connectivity index (χ1) is 14.6. The number of hydrogen-bond acceptors (Lipinski definition) is 3. The Balaban J connectivity index is 1.73. The minimum Gasteiger partial charge on any atom is -0.494 e. The molecule has 0 aromatic heterocycles. The number of carbonyl (C=O) groups is 2. The van der Waals surface area contributed by atoms with E-state index in [1.165, 1.54) is 0 Å². The molecule has 5 heteroatoms. The van der Waals surface area contributed by atoms with Crippen molar-refractivity contribution in [1.82, 2.24) is 5.32 Å². The predicted octanol–water partition coefficient (Wildman–Crippen LogP) is 5.22. The molecule has 3 aromatic carbocycles. The molecular formula is C25H26N2O3. The second kappa shape index (κ2) is 10.3. The topological polar surface area (TPSA) is 67.4 Å². The van der Waals surface area contributed by atoms with Crippen molar-refractivity contribution >= 4 is 17.5 Å². The summed E-state index contributed by atoms with van der Waals surface area (Å²) in [4.78, 5) is 25.6. The molecule has 3 aromatic rings. The van der Waals surface area contributed by atoms with Gasteiger partial charge in [-0.3, -0.25) is 9.59 Å². The Hall–Kier alpha value is -3.60. The smallest absolute Gasteiger partial charge is 0.255 e. The van der Waals surface area contributed by atoms with Crippen molar-refractivity contribution in [3.8, 4) is 5.75 Å². The van der Waals surface area contributed by atoms with Gasteiger partial charge in [0.15, 0.2) is 0 Å². The molecule has 0 fully saturated rings. The van der Waals surface area contributed by atoms with E-state index in [2.05, 4.69) is 10.6 Å². The van der Waals surface area contributed by atoms with Gasteiger partial charge in [-0.05, 0) is 49.2 Å². The SMILES string of the molecule is CCCOc1cccc(C(=O)Nc2ccccc2C(=O)NC(C)c2ccccc2)c1. The third-order valence-electron chi connectivity index (χ3n) is 4.64. The number of rotatable bonds is 8. The lowest BCUT2D eigenvalue weighted by Gasteiger charge is -2.16. The highest BCUT2D eigenvalue weighted by Crippen LogP contribution is 2.20. The lowest BCUT2D eigenvalue weighted by Crippen LogP contribution is -2.28. The number of anilines is 1. The van der Waals surface area contributed by atoms with E-state index in [1.54, 1.807) is 42.5 Å². The van der Waals surface area contributed by atoms with Gasteiger partial charge in [0.25, 0.3) is 11.8 Å². The first-order valence-electron chi connectivity index (χ1n) is 10.1. The summed E-state index contributed by atoms with van der Waals surface area (Å²) in [6.45, 7) is 4.54. The Bertz CT molecular complexity index is 1000. The van der Waals surface area contributed by atoms with Crippen LogP contribution in [-0.4, -0.2) is 18.4 Å². The maximum Gasteiger partial charge on any atom is 0.255 e. The highest BCUT2D eigenvalue weighted by atomic mass is 16.5. The molecule has 0 spiro atoms. The van der Waals surface area contributed by atoms with Crippen molar-refractivity contribution in [1.29, 1.82) is 0 Å². The van der Waals surface area contributed by atoms with E-state index in [4.69, 9.17) is 4.74 Å². The third kappa shape index (κ3) is 5.47. The number of hydrogen-bond donors (Lipinski definition) is 2. The van der Waals surface area contributed by atoms with E-state index in [9.17, 15) is 9.59 Å². The highest BCUT2D eigenvalue weighted by Gasteiger charge is 2.16. The van der Waals surface area contributed by atoms with E-state index in [0.717, 1.165) is 12.0 Å². The van der Waals surface area contributed by atoms with E-state index < -0.39 is 0 Å². The van der Waals surface area contributed by atoms with Gasteiger partial charge in [-0.25, -0.2) is 0 Å². The van der Waals surface area contributed by atoms with Gasteiger partial charge in [0, 0.05) is 5.56 Å². The van der Waals surface area contributed by atoms with Crippen LogP contribution in [0.4, 0.5) is 5.69 Å². The van der Waals surface area contributed by atoms with Gasteiger partial charge in [0.1, 0.15) is 5.75 Å². The molecule has 0 aliphatic carbocycles. The molecule has 2 amide bonds. The summed E-state index contributed by atoms with van der Waals surface area (Å²) in [7, 11) is 0. The maximum atomic E-state index is 12.9. The summed E-state index contributed by atoms with van der Waals surface area (Å²) in [5.74, 6) is 0.0998. The van der Waals surface area contributed by atoms with Crippen molar-refractivity contribution in [2.24, 2.45) is 0 Å². The third-order valence-corrected chi connectivity index (χ3v) is 4.64. The van der Waals surface area contributed by atoms with Crippen LogP contribution in [0.25, 0.3) is 0 Å². The molecule has 1 atom stereocenters. The van der Waals surface area contributed by atoms with Crippen molar-refractivity contribution in [2.75, 3.05) is 11.9 Å². The van der Waals surface area contributed by atoms with Crippen LogP contribution in [0.1, 0.15) is 52.6 Å². The fourth-order valence-corrected chi connectivity index (χ4v) is 3.03. The van der Waals surface area contributed by atoms with Crippen molar-refractivity contribution in [3.63, 3.8) is 0 Å². The maximum absolute atomic E-state index is 12.9. The molecule has 154 valence electrons. The van der Waals surface area contributed by atoms with E-state index in [1.807, 2.05) is 50.2 Å². The van der Waals surface area contributed by atoms with Gasteiger partial charge in [-0.1, -0.05) is 55.5 Å². The Kier molecular flexibility index (Phi) is 7.22. The lowest BCUT2D eigenvalue weighted by molar-refractivity contribution is 0.0940. The number of para-hydroxylation sites is 1. The number of benzene rings is 3. The second-order valence-corrected chi connectivity index (χ2v) is 6.98. The molecule has 30 heavy (non-hydrogen) atoms. The van der Waals surface area contributed by atoms with E-state index in [0.29, 0.717) is 29.2 Å². The van der Waals surface area contributed by atoms with Crippen LogP contribution >= 0.6 is 0 Å². The molecule has 0 saturated heterocycles. The van der Waals surface area contributed by atoms with E-state index >= 15 is 0 Å². The Morgan fingerprint density at radius 2 is 1.63 bits per heavy atom. The van der Waals surface area contributed by atoms with Crippen LogP contribution in [0, 0.1) is 0 Å². The molecule has 5 nitrogen and oxygen atoms in total. The highest BCUT2D eigenvalue weighted by molar-refractivity contribution is 6.09. The predicted molar refractivity (Wildman–Crippen MR) is 119 cm³/mol. The molecule has 0 radical (unpaired) electrons. The Labute approximate surface area is 177 Å². The van der Waals surface area contributed by atoms with Crippen molar-refractivity contribution < 1.29 is 14.3 Å². The average Bonchev–Trinajstić information content (AvgIpc) is 2.78. The van der Waals surface area contributed by atoms with Crippen LogP contribution in [-0.2, 0) is 0 Å². The largest absolute Gasteiger partial charge is 0.494 e. The molecule has 3 rings (SSSR count). The van der Waals surface area contributed by atoms with Gasteiger partial charge < -0.3 is 15.4 Å². The van der Waals surface area contributed by atoms with Crippen LogP contribution in [0.2, 0.25) is 0 Å². The van der Waals surface area contributed by atoms with Gasteiger partial charge in [-0.2, -0.15) is 0 Å². The monoisotopic (exact) mass is 402 g/mol. The summed E-state index contributed by atoms with van der Waals surface area (Å²) in [5, 5.41) is 5.84. The van der Waals surface area contributed by atoms with Gasteiger partial charge in [0.2, 0.25) is 0 Å². The molecule has 0 heterocycles. The Morgan fingerprint density at radius 1 is 0.900 bits per heavy atom. The summed E-state index contributed by atoms with van der Waals surface area (Å²) >= 11 is 0. The van der Waals surface area contributed by atoms with Crippen LogP contribution in [0.3, 0.4) is 0 Å². The van der Waals surface area contributed by atoms with Gasteiger partial charge in [0.05, 0.1) is 23.9 Å². The minimum atomic E-state index is -0.298. The molecule has 0 bridgehead atoms. The molecule has 0 saturated carbocycles. The van der Waals surface area contributed by atoms with Crippen molar-refractivity contribution in [3.05, 3.63) is 95.6 Å². The van der Waals surface area contributed by atoms with Crippen LogP contribution < -0.4 is 15.4 Å². The minimum absolute atomic E-state index is 0.158. The fraction of sp³-hybridized carbons (Fsp3) is 0.200. The second-order valence-electron chi connectivity index (χ2n) is 6.98. The van der Waals surface area contributed by atoms with Gasteiger partial charge >= 0.3 is 0 Å². The molecular weight excluding hydrogens is 376 g/mol. The zero-order chi connectivity index (χ0) is 21.3. The number of ether oxygens (including phenoxy) is 1. The van der Waals surface area contributed by atoms with Crippen LogP contribution in [0.15, 0.2) is 78.9 Å². The zero-order valence-corrected chi connectivity index (χ0v) is 17.2. The first kappa shape index (κ1) is 21.1. The van der Waals surface area contributed by atoms with Crippen molar-refractivity contribution in [2.45, 2.75) is 26.3 Å². The zero-order valence-electron chi connectivity index (χ0n) is 17.2. The first-order valence-corrected chi connectivity index (χ1v) is 10.1. The number of amides is 2. The fourth-order valence-electron chi connectivity index (χ4n) is 3.03. The molecule has 0 aliphatic rings. The Morgan fingerprint density at radius 3 is 2.40 bits per heavy atom. The van der Waals surface area contributed by atoms with E-state index in [-0.39, 0.29) is 17.9 Å². The summed E-state index contributed by atoms with van der Waals surface area (Å²) in [6.07, 6.45) is 0.889. The number of carbonyl (C=O) groups excluding carboxylic acids is 2. The lowest BCUT2D eigenvalue weighted by atomic mass is 10.1. The standard InChI is InChI=1S/C25H26N2O3/c1-3-16-30-21-13-9-12-20(17-21)24(28)27-23-15-8-7-14-22(23)25(29)26-18(2)19-10-5-4-6-11-19/h4-15,17-18H,3,16H2,1-2H3,(H,26,29)(H,27,28). The average molecular weight is 402 g/mol.